The zero-order valence-electron chi connectivity index (χ0n) is 11.8. The molecule has 1 aromatic carbocycles. The van der Waals surface area contributed by atoms with Crippen LogP contribution in [0.1, 0.15) is 26.3 Å². The highest BCUT2D eigenvalue weighted by molar-refractivity contribution is 5.45. The monoisotopic (exact) mass is 235 g/mol. The topological polar surface area (TPSA) is 12.0 Å². The van der Waals surface area contributed by atoms with Gasteiger partial charge in [0.25, 0.3) is 0 Å². The van der Waals surface area contributed by atoms with Crippen molar-refractivity contribution in [2.75, 3.05) is 38.0 Å². The minimum absolute atomic E-state index is 1.05. The first-order chi connectivity index (χ1) is 8.15. The van der Waals surface area contributed by atoms with Crippen LogP contribution in [0.2, 0.25) is 0 Å². The van der Waals surface area contributed by atoms with Crippen molar-refractivity contribution in [3.05, 3.63) is 29.8 Å². The Morgan fingerprint density at radius 3 is 2.24 bits per heavy atom. The number of anilines is 1. The molecule has 1 aromatic rings. The van der Waals surface area contributed by atoms with E-state index in [-0.39, 0.29) is 0 Å². The molecule has 0 unspecified atom stereocenters. The SMILES string of the molecule is CC[N+](CC)(CC)CCNc1cccc(C)c1. The quantitative estimate of drug-likeness (QED) is 0.715. The van der Waals surface area contributed by atoms with Crippen LogP contribution < -0.4 is 5.32 Å². The average Bonchev–Trinajstić information content (AvgIpc) is 2.35. The predicted octanol–water partition coefficient (Wildman–Crippen LogP) is 3.28. The largest absolute Gasteiger partial charge is 0.379 e. The molecule has 0 amide bonds. The highest BCUT2D eigenvalue weighted by Crippen LogP contribution is 2.10. The molecule has 1 N–H and O–H groups in total. The van der Waals surface area contributed by atoms with Gasteiger partial charge in [0.05, 0.1) is 32.7 Å². The molecule has 0 saturated carbocycles. The Bertz CT molecular complexity index is 321. The minimum atomic E-state index is 1.05. The fourth-order valence-electron chi connectivity index (χ4n) is 2.34. The van der Waals surface area contributed by atoms with Crippen LogP contribution in [0.15, 0.2) is 24.3 Å². The van der Waals surface area contributed by atoms with Gasteiger partial charge in [-0.05, 0) is 45.4 Å². The van der Waals surface area contributed by atoms with E-state index < -0.39 is 0 Å². The summed E-state index contributed by atoms with van der Waals surface area (Å²) in [6, 6.07) is 8.60. The van der Waals surface area contributed by atoms with Crippen molar-refractivity contribution in [1.29, 1.82) is 0 Å². The molecule has 0 spiro atoms. The average molecular weight is 235 g/mol. The summed E-state index contributed by atoms with van der Waals surface area (Å²) in [7, 11) is 0. The summed E-state index contributed by atoms with van der Waals surface area (Å²) in [4.78, 5) is 0. The molecule has 0 fully saturated rings. The van der Waals surface area contributed by atoms with Gasteiger partial charge in [-0.3, -0.25) is 0 Å². The summed E-state index contributed by atoms with van der Waals surface area (Å²) in [5.74, 6) is 0. The molecule has 0 aliphatic carbocycles. The van der Waals surface area contributed by atoms with E-state index in [9.17, 15) is 0 Å². The minimum Gasteiger partial charge on any atom is -0.379 e. The first-order valence-corrected chi connectivity index (χ1v) is 6.81. The maximum atomic E-state index is 3.53. The van der Waals surface area contributed by atoms with Gasteiger partial charge in [-0.1, -0.05) is 12.1 Å². The molecule has 0 atom stereocenters. The van der Waals surface area contributed by atoms with E-state index in [0.717, 1.165) is 6.54 Å². The van der Waals surface area contributed by atoms with Crippen LogP contribution in [0.25, 0.3) is 0 Å². The van der Waals surface area contributed by atoms with Gasteiger partial charge in [0.2, 0.25) is 0 Å². The lowest BCUT2D eigenvalue weighted by Crippen LogP contribution is -2.50. The number of nitrogens with zero attached hydrogens (tertiary/aromatic N) is 1. The lowest BCUT2D eigenvalue weighted by atomic mass is 10.2. The van der Waals surface area contributed by atoms with Gasteiger partial charge in [-0.15, -0.1) is 0 Å². The third kappa shape index (κ3) is 4.04. The lowest BCUT2D eigenvalue weighted by molar-refractivity contribution is -0.921. The normalized spacial score (nSPS) is 11.5. The predicted molar refractivity (Wildman–Crippen MR) is 76.4 cm³/mol. The second-order valence-corrected chi connectivity index (χ2v) is 4.81. The zero-order valence-corrected chi connectivity index (χ0v) is 11.8. The maximum absolute atomic E-state index is 3.53. The van der Waals surface area contributed by atoms with Crippen molar-refractivity contribution >= 4 is 5.69 Å². The second-order valence-electron chi connectivity index (χ2n) is 4.81. The summed E-state index contributed by atoms with van der Waals surface area (Å²) in [5.41, 5.74) is 2.56. The third-order valence-corrected chi connectivity index (χ3v) is 3.95. The molecule has 0 aliphatic heterocycles. The van der Waals surface area contributed by atoms with E-state index in [1.54, 1.807) is 0 Å². The first-order valence-electron chi connectivity index (χ1n) is 6.81. The third-order valence-electron chi connectivity index (χ3n) is 3.95. The molecular weight excluding hydrogens is 208 g/mol. The van der Waals surface area contributed by atoms with Crippen molar-refractivity contribution in [3.63, 3.8) is 0 Å². The molecule has 0 saturated heterocycles. The summed E-state index contributed by atoms with van der Waals surface area (Å²) in [5, 5.41) is 3.53. The standard InChI is InChI=1S/C15H27N2/c1-5-17(6-2,7-3)12-11-16-15-10-8-9-14(4)13-15/h8-10,13,16H,5-7,11-12H2,1-4H3/q+1. The summed E-state index contributed by atoms with van der Waals surface area (Å²) in [6.45, 7) is 14.9. The Kier molecular flexibility index (Phi) is 5.49. The van der Waals surface area contributed by atoms with Gasteiger partial charge in [-0.2, -0.15) is 0 Å². The van der Waals surface area contributed by atoms with Crippen LogP contribution in [0.4, 0.5) is 5.69 Å². The highest BCUT2D eigenvalue weighted by atomic mass is 15.3. The molecule has 0 aromatic heterocycles. The van der Waals surface area contributed by atoms with Crippen molar-refractivity contribution in [3.8, 4) is 0 Å². The number of hydrogen-bond acceptors (Lipinski definition) is 1. The summed E-state index contributed by atoms with van der Waals surface area (Å²) >= 11 is 0. The Balaban J connectivity index is 2.46. The van der Waals surface area contributed by atoms with Crippen LogP contribution in [-0.2, 0) is 0 Å². The number of rotatable bonds is 7. The molecule has 0 heterocycles. The number of hydrogen-bond donors (Lipinski definition) is 1. The maximum Gasteiger partial charge on any atom is 0.0961 e. The van der Waals surface area contributed by atoms with Crippen molar-refractivity contribution in [2.45, 2.75) is 27.7 Å². The number of aryl methyl sites for hydroxylation is 1. The molecule has 2 heteroatoms. The van der Waals surface area contributed by atoms with Crippen molar-refractivity contribution in [1.82, 2.24) is 0 Å². The zero-order chi connectivity index (χ0) is 12.7. The fraction of sp³-hybridized carbons (Fsp3) is 0.600. The van der Waals surface area contributed by atoms with E-state index in [1.807, 2.05) is 0 Å². The molecule has 1 rings (SSSR count). The number of likely N-dealkylation sites (N-methyl/N-ethyl adjacent to an activating group) is 1. The molecule has 96 valence electrons. The smallest absolute Gasteiger partial charge is 0.0961 e. The Morgan fingerprint density at radius 1 is 1.06 bits per heavy atom. The van der Waals surface area contributed by atoms with Crippen LogP contribution in [0, 0.1) is 6.92 Å². The fourth-order valence-corrected chi connectivity index (χ4v) is 2.34. The van der Waals surface area contributed by atoms with Gasteiger partial charge in [0, 0.05) is 5.69 Å². The van der Waals surface area contributed by atoms with Gasteiger partial charge < -0.3 is 9.80 Å². The molecular formula is C15H27N2+. The molecule has 0 bridgehead atoms. The van der Waals surface area contributed by atoms with Gasteiger partial charge >= 0.3 is 0 Å². The van der Waals surface area contributed by atoms with E-state index in [0.29, 0.717) is 0 Å². The van der Waals surface area contributed by atoms with Crippen LogP contribution in [-0.4, -0.2) is 37.2 Å². The van der Waals surface area contributed by atoms with E-state index in [1.165, 1.54) is 41.9 Å². The summed E-state index contributed by atoms with van der Waals surface area (Å²) in [6.07, 6.45) is 0. The number of nitrogens with one attached hydrogen (secondary N) is 1. The lowest BCUT2D eigenvalue weighted by Gasteiger charge is -2.35. The van der Waals surface area contributed by atoms with Crippen LogP contribution in [0.3, 0.4) is 0 Å². The van der Waals surface area contributed by atoms with Crippen LogP contribution >= 0.6 is 0 Å². The van der Waals surface area contributed by atoms with E-state index >= 15 is 0 Å². The number of benzene rings is 1. The second kappa shape index (κ2) is 6.65. The van der Waals surface area contributed by atoms with E-state index in [2.05, 4.69) is 57.3 Å². The van der Waals surface area contributed by atoms with Crippen LogP contribution in [0.5, 0.6) is 0 Å². The molecule has 17 heavy (non-hydrogen) atoms. The Morgan fingerprint density at radius 2 is 1.71 bits per heavy atom. The molecule has 0 radical (unpaired) electrons. The molecule has 0 aliphatic rings. The summed E-state index contributed by atoms with van der Waals surface area (Å²) < 4.78 is 1.21. The van der Waals surface area contributed by atoms with Gasteiger partial charge in [0.1, 0.15) is 0 Å². The molecule has 2 nitrogen and oxygen atoms in total. The van der Waals surface area contributed by atoms with Crippen molar-refractivity contribution < 1.29 is 4.48 Å². The Hall–Kier alpha value is -1.02. The van der Waals surface area contributed by atoms with Gasteiger partial charge in [0.15, 0.2) is 0 Å². The van der Waals surface area contributed by atoms with Crippen molar-refractivity contribution in [2.24, 2.45) is 0 Å². The van der Waals surface area contributed by atoms with Gasteiger partial charge in [-0.25, -0.2) is 0 Å². The Labute approximate surface area is 106 Å². The highest BCUT2D eigenvalue weighted by Gasteiger charge is 2.19. The van der Waals surface area contributed by atoms with E-state index in [4.69, 9.17) is 0 Å². The number of quaternary nitrogens is 1. The first kappa shape index (κ1) is 14.0.